The molecule has 1 aliphatic rings. The average Bonchev–Trinajstić information content (AvgIpc) is 3.17. The van der Waals surface area contributed by atoms with Crippen molar-refractivity contribution in [3.63, 3.8) is 0 Å². The second-order valence-electron chi connectivity index (χ2n) is 5.77. The molecule has 25 heavy (non-hydrogen) atoms. The van der Waals surface area contributed by atoms with Crippen molar-refractivity contribution in [1.29, 1.82) is 0 Å². The lowest BCUT2D eigenvalue weighted by atomic mass is 10.0. The van der Waals surface area contributed by atoms with E-state index in [1.165, 1.54) is 0 Å². The molecule has 124 valence electrons. The molecule has 1 atom stereocenters. The number of H-pyrrole nitrogens is 1. The van der Waals surface area contributed by atoms with Crippen LogP contribution in [0.25, 0.3) is 10.9 Å². The Morgan fingerprint density at radius 1 is 1.20 bits per heavy atom. The van der Waals surface area contributed by atoms with Crippen molar-refractivity contribution in [2.75, 3.05) is 0 Å². The van der Waals surface area contributed by atoms with Crippen molar-refractivity contribution in [1.82, 2.24) is 10.4 Å². The molecule has 0 aliphatic carbocycles. The monoisotopic (exact) mass is 333 g/mol. The van der Waals surface area contributed by atoms with Crippen LogP contribution in [-0.4, -0.2) is 23.1 Å². The number of rotatable bonds is 4. The number of aromatic nitrogens is 1. The van der Waals surface area contributed by atoms with Gasteiger partial charge in [-0.1, -0.05) is 36.4 Å². The summed E-state index contributed by atoms with van der Waals surface area (Å²) in [5.74, 6) is -0.707. The maximum atomic E-state index is 12.1. The molecule has 0 bridgehead atoms. The van der Waals surface area contributed by atoms with E-state index in [0.717, 1.165) is 22.0 Å². The Bertz CT molecular complexity index is 990. The lowest BCUT2D eigenvalue weighted by molar-refractivity contribution is -0.122. The summed E-state index contributed by atoms with van der Waals surface area (Å²) in [4.78, 5) is 27.0. The molecule has 0 saturated heterocycles. The topological polar surface area (TPSA) is 83.6 Å². The highest BCUT2D eigenvalue weighted by Gasteiger charge is 2.31. The van der Waals surface area contributed by atoms with Gasteiger partial charge in [0, 0.05) is 28.2 Å². The van der Waals surface area contributed by atoms with E-state index in [1.807, 2.05) is 36.5 Å². The summed E-state index contributed by atoms with van der Waals surface area (Å²) in [6, 6.07) is 14.9. The fraction of sp³-hybridized carbons (Fsp3) is 0.105. The number of nitrogens with zero attached hydrogens (tertiary/aromatic N) is 1. The van der Waals surface area contributed by atoms with Gasteiger partial charge in [0.05, 0.1) is 18.2 Å². The number of hydrogen-bond donors (Lipinski definition) is 2. The molecule has 6 nitrogen and oxygen atoms in total. The van der Waals surface area contributed by atoms with Crippen LogP contribution < -0.4 is 5.43 Å². The predicted octanol–water partition coefficient (Wildman–Crippen LogP) is 2.92. The van der Waals surface area contributed by atoms with Gasteiger partial charge in [-0.05, 0) is 12.1 Å². The largest absolute Gasteiger partial charge is 0.453 e. The van der Waals surface area contributed by atoms with Crippen LogP contribution in [0.2, 0.25) is 0 Å². The summed E-state index contributed by atoms with van der Waals surface area (Å²) < 4.78 is 5.26. The van der Waals surface area contributed by atoms with Crippen LogP contribution in [0, 0.1) is 0 Å². The number of cyclic esters (lactones) is 1. The van der Waals surface area contributed by atoms with Gasteiger partial charge in [0.1, 0.15) is 6.10 Å². The van der Waals surface area contributed by atoms with Crippen LogP contribution >= 0.6 is 0 Å². The quantitative estimate of drug-likeness (QED) is 0.437. The highest BCUT2D eigenvalue weighted by atomic mass is 16.5. The number of fused-ring (bicyclic) bond motifs is 2. The van der Waals surface area contributed by atoms with Crippen LogP contribution in [0.1, 0.15) is 34.0 Å². The zero-order chi connectivity index (χ0) is 17.2. The van der Waals surface area contributed by atoms with Crippen LogP contribution in [0.3, 0.4) is 0 Å². The first kappa shape index (κ1) is 15.1. The number of hydrazone groups is 1. The lowest BCUT2D eigenvalue weighted by Gasteiger charge is -2.08. The number of ether oxygens (including phenoxy) is 1. The highest BCUT2D eigenvalue weighted by molar-refractivity contribution is 5.99. The Balaban J connectivity index is 1.41. The van der Waals surface area contributed by atoms with E-state index < -0.39 is 12.1 Å². The molecule has 2 aromatic carbocycles. The normalized spacial score (nSPS) is 16.2. The molecule has 0 fully saturated rings. The third-order valence-corrected chi connectivity index (χ3v) is 4.16. The first-order chi connectivity index (χ1) is 12.2. The third-order valence-electron chi connectivity index (χ3n) is 4.16. The van der Waals surface area contributed by atoms with E-state index >= 15 is 0 Å². The lowest BCUT2D eigenvalue weighted by Crippen LogP contribution is -2.20. The minimum Gasteiger partial charge on any atom is -0.453 e. The van der Waals surface area contributed by atoms with Crippen LogP contribution in [-0.2, 0) is 9.53 Å². The van der Waals surface area contributed by atoms with Crippen molar-refractivity contribution in [2.45, 2.75) is 12.5 Å². The second kappa shape index (κ2) is 6.24. The van der Waals surface area contributed by atoms with E-state index in [9.17, 15) is 9.59 Å². The van der Waals surface area contributed by atoms with Crippen molar-refractivity contribution < 1.29 is 14.3 Å². The molecule has 0 radical (unpaired) electrons. The molecule has 1 amide bonds. The van der Waals surface area contributed by atoms with Gasteiger partial charge in [-0.25, -0.2) is 10.2 Å². The maximum absolute atomic E-state index is 12.1. The summed E-state index contributed by atoms with van der Waals surface area (Å²) in [6.45, 7) is 0. The first-order valence-corrected chi connectivity index (χ1v) is 7.90. The SMILES string of the molecule is O=C(CC1OC(=O)c2ccccc21)N/N=C/c1c[nH]c2ccccc12. The summed E-state index contributed by atoms with van der Waals surface area (Å²) in [6.07, 6.45) is 2.89. The highest BCUT2D eigenvalue weighted by Crippen LogP contribution is 2.32. The smallest absolute Gasteiger partial charge is 0.339 e. The number of hydrogen-bond acceptors (Lipinski definition) is 4. The van der Waals surface area contributed by atoms with Crippen molar-refractivity contribution in [2.24, 2.45) is 5.10 Å². The molecule has 6 heteroatoms. The molecule has 4 rings (SSSR count). The third kappa shape index (κ3) is 2.89. The van der Waals surface area contributed by atoms with Gasteiger partial charge in [-0.15, -0.1) is 0 Å². The van der Waals surface area contributed by atoms with Crippen molar-refractivity contribution >= 4 is 29.0 Å². The van der Waals surface area contributed by atoms with E-state index in [-0.39, 0.29) is 12.3 Å². The molecule has 0 spiro atoms. The molecule has 1 aliphatic heterocycles. The zero-order valence-electron chi connectivity index (χ0n) is 13.2. The summed E-state index contributed by atoms with van der Waals surface area (Å²) in [5.41, 5.74) is 5.63. The Labute approximate surface area is 143 Å². The molecular weight excluding hydrogens is 318 g/mol. The Morgan fingerprint density at radius 2 is 2.00 bits per heavy atom. The molecule has 2 heterocycles. The molecule has 1 aromatic heterocycles. The maximum Gasteiger partial charge on any atom is 0.339 e. The minimum absolute atomic E-state index is 0.0357. The van der Waals surface area contributed by atoms with Gasteiger partial charge < -0.3 is 9.72 Å². The molecule has 1 unspecified atom stereocenters. The first-order valence-electron chi connectivity index (χ1n) is 7.90. The zero-order valence-corrected chi connectivity index (χ0v) is 13.2. The summed E-state index contributed by atoms with van der Waals surface area (Å²) in [7, 11) is 0. The predicted molar refractivity (Wildman–Crippen MR) is 93.3 cm³/mol. The summed E-state index contributed by atoms with van der Waals surface area (Å²) >= 11 is 0. The van der Waals surface area contributed by atoms with Crippen molar-refractivity contribution in [3.8, 4) is 0 Å². The Kier molecular flexibility index (Phi) is 3.78. The number of amides is 1. The minimum atomic E-state index is -0.563. The average molecular weight is 333 g/mol. The molecular formula is C19H15N3O3. The Hall–Kier alpha value is -3.41. The van der Waals surface area contributed by atoms with Gasteiger partial charge in [0.25, 0.3) is 0 Å². The number of nitrogens with one attached hydrogen (secondary N) is 2. The molecule has 2 N–H and O–H groups in total. The number of esters is 1. The van der Waals surface area contributed by atoms with Gasteiger partial charge in [0.2, 0.25) is 5.91 Å². The van der Waals surface area contributed by atoms with E-state index in [2.05, 4.69) is 15.5 Å². The van der Waals surface area contributed by atoms with Gasteiger partial charge in [-0.3, -0.25) is 4.79 Å². The van der Waals surface area contributed by atoms with E-state index in [1.54, 1.807) is 24.4 Å². The van der Waals surface area contributed by atoms with Gasteiger partial charge >= 0.3 is 5.97 Å². The molecule has 3 aromatic rings. The van der Waals surface area contributed by atoms with Crippen molar-refractivity contribution in [3.05, 3.63) is 71.4 Å². The van der Waals surface area contributed by atoms with E-state index in [0.29, 0.717) is 5.56 Å². The fourth-order valence-electron chi connectivity index (χ4n) is 2.96. The molecule has 0 saturated carbocycles. The summed E-state index contributed by atoms with van der Waals surface area (Å²) in [5, 5.41) is 5.02. The van der Waals surface area contributed by atoms with Crippen LogP contribution in [0.5, 0.6) is 0 Å². The fourth-order valence-corrected chi connectivity index (χ4v) is 2.96. The standard InChI is InChI=1S/C19H15N3O3/c23-18(9-17-14-6-1-2-7-15(14)19(24)25-17)22-21-11-12-10-20-16-8-4-3-5-13(12)16/h1-8,10-11,17,20H,9H2,(H,22,23)/b21-11+. The van der Waals surface area contributed by atoms with E-state index in [4.69, 9.17) is 4.74 Å². The Morgan fingerprint density at radius 3 is 2.92 bits per heavy atom. The number of aromatic amines is 1. The van der Waals surface area contributed by atoms with Crippen LogP contribution in [0.4, 0.5) is 0 Å². The number of benzene rings is 2. The van der Waals surface area contributed by atoms with Crippen LogP contribution in [0.15, 0.2) is 59.8 Å². The number of para-hydroxylation sites is 1. The van der Waals surface area contributed by atoms with Gasteiger partial charge in [-0.2, -0.15) is 5.10 Å². The number of carbonyl (C=O) groups is 2. The number of carbonyl (C=O) groups excluding carboxylic acids is 2. The van der Waals surface area contributed by atoms with Gasteiger partial charge in [0.15, 0.2) is 0 Å². The second-order valence-corrected chi connectivity index (χ2v) is 5.77.